The van der Waals surface area contributed by atoms with Crippen LogP contribution in [0.2, 0.25) is 0 Å². The number of nitrogens with one attached hydrogen (secondary N) is 3. The standard InChI is InChI=1S/C26H42N4O22P2/c1-46-8-9-47-7-5-17(33)28-12(24(39)40)2-3-15(31)27-10-13-18(34)20(36)22(38)25(50-13)51-54(44,45)52-53(42,43)48-11-14-19(35)21(37)23(49-14)30-6-4-16(32)29-26(30)41/h4,6,12-14,18-23,25,34-38H,2-3,5,7-11H2,1H3,(H,27,31)(H,28,33)(H,39,40)(H,42,43)(H,44,45)(H,29,32,41)/p-2/t12?,13?,14-,18+,19+,20+,21?,22?,23-,25+/m1/s1. The lowest BCUT2D eigenvalue weighted by atomic mass is 9.99. The van der Waals surface area contributed by atoms with E-state index in [1.54, 1.807) is 0 Å². The van der Waals surface area contributed by atoms with Gasteiger partial charge in [0, 0.05) is 38.8 Å². The molecule has 308 valence electrons. The summed E-state index contributed by atoms with van der Waals surface area (Å²) in [5.74, 6) is -2.97. The fourth-order valence-corrected chi connectivity index (χ4v) is 6.95. The van der Waals surface area contributed by atoms with E-state index in [1.165, 1.54) is 7.11 Å². The molecule has 0 bridgehead atoms. The molecule has 28 heteroatoms. The average Bonchev–Trinajstić information content (AvgIpc) is 3.36. The number of rotatable bonds is 21. The average molecular weight is 823 g/mol. The third kappa shape index (κ3) is 13.3. The lowest BCUT2D eigenvalue weighted by Crippen LogP contribution is -2.60. The number of H-pyrrole nitrogens is 1. The largest absolute Gasteiger partial charge is 0.756 e. The van der Waals surface area contributed by atoms with Crippen LogP contribution in [0.1, 0.15) is 25.5 Å². The zero-order valence-electron chi connectivity index (χ0n) is 28.1. The zero-order valence-corrected chi connectivity index (χ0v) is 29.9. The maximum atomic E-state index is 12.5. The van der Waals surface area contributed by atoms with E-state index >= 15 is 0 Å². The molecule has 6 unspecified atom stereocenters. The van der Waals surface area contributed by atoms with Crippen LogP contribution in [0.3, 0.4) is 0 Å². The number of aromatic amines is 1. The highest BCUT2D eigenvalue weighted by Crippen LogP contribution is 2.57. The van der Waals surface area contributed by atoms with Crippen molar-refractivity contribution in [2.45, 2.75) is 80.5 Å². The van der Waals surface area contributed by atoms with Gasteiger partial charge in [-0.3, -0.25) is 37.6 Å². The molecule has 3 rings (SSSR count). The summed E-state index contributed by atoms with van der Waals surface area (Å²) in [6.07, 6.45) is -17.9. The molecule has 26 nitrogen and oxygen atoms in total. The Labute approximate surface area is 303 Å². The van der Waals surface area contributed by atoms with Gasteiger partial charge in [-0.15, -0.1) is 0 Å². The molecule has 0 saturated carbocycles. The molecule has 2 fully saturated rings. The molecule has 0 spiro atoms. The first-order valence-electron chi connectivity index (χ1n) is 15.8. The van der Waals surface area contributed by atoms with Crippen molar-refractivity contribution in [3.05, 3.63) is 33.1 Å². The maximum absolute atomic E-state index is 12.5. The summed E-state index contributed by atoms with van der Waals surface area (Å²) in [4.78, 5) is 86.0. The van der Waals surface area contributed by atoms with E-state index in [9.17, 15) is 73.5 Å². The van der Waals surface area contributed by atoms with Crippen LogP contribution in [0.25, 0.3) is 0 Å². The Hall–Kier alpha value is -3.01. The molecular weight excluding hydrogens is 782 g/mol. The quantitative estimate of drug-likeness (QED) is 0.0411. The van der Waals surface area contributed by atoms with Gasteiger partial charge in [0.15, 0.2) is 12.5 Å². The molecule has 3 heterocycles. The van der Waals surface area contributed by atoms with E-state index in [4.69, 9.17) is 18.9 Å². The molecule has 1 aromatic rings. The number of phosphoric acid groups is 2. The smallest absolute Gasteiger partial charge is 0.330 e. The monoisotopic (exact) mass is 822 g/mol. The second kappa shape index (κ2) is 20.2. The Kier molecular flexibility index (Phi) is 17.0. The first-order valence-corrected chi connectivity index (χ1v) is 18.7. The molecule has 0 aliphatic carbocycles. The van der Waals surface area contributed by atoms with Gasteiger partial charge in [-0.25, -0.2) is 13.9 Å². The summed E-state index contributed by atoms with van der Waals surface area (Å²) in [6.45, 7) is -1.41. The van der Waals surface area contributed by atoms with Crippen LogP contribution in [0.4, 0.5) is 0 Å². The topological polar surface area (TPSA) is 396 Å². The van der Waals surface area contributed by atoms with Gasteiger partial charge >= 0.3 is 11.7 Å². The van der Waals surface area contributed by atoms with Crippen LogP contribution < -0.4 is 31.7 Å². The number of carboxylic acid groups (broad SMARTS) is 1. The van der Waals surface area contributed by atoms with Gasteiger partial charge in [0.05, 0.1) is 26.4 Å². The van der Waals surface area contributed by atoms with Crippen molar-refractivity contribution in [3.63, 3.8) is 0 Å². The van der Waals surface area contributed by atoms with Crippen molar-refractivity contribution in [2.24, 2.45) is 0 Å². The van der Waals surface area contributed by atoms with E-state index in [0.29, 0.717) is 4.57 Å². The minimum absolute atomic E-state index is 0.0192. The molecule has 2 amide bonds. The third-order valence-corrected chi connectivity index (χ3v) is 10.2. The van der Waals surface area contributed by atoms with Gasteiger partial charge in [-0.1, -0.05) is 0 Å². The summed E-state index contributed by atoms with van der Waals surface area (Å²) in [5.41, 5.74) is -1.85. The number of nitrogens with zero attached hydrogens (tertiary/aromatic N) is 1. The number of hydrogen-bond donors (Lipinski definition) is 9. The fraction of sp³-hybridized carbons (Fsp3) is 0.731. The number of hydrogen-bond acceptors (Lipinski definition) is 21. The summed E-state index contributed by atoms with van der Waals surface area (Å²) >= 11 is 0. The normalized spacial score (nSPS) is 29.8. The highest BCUT2D eigenvalue weighted by molar-refractivity contribution is 7.59. The Morgan fingerprint density at radius 3 is 2.26 bits per heavy atom. The predicted octanol–water partition coefficient (Wildman–Crippen LogP) is -6.53. The minimum Gasteiger partial charge on any atom is -0.756 e. The summed E-state index contributed by atoms with van der Waals surface area (Å²) in [5, 5.41) is 65.1. The van der Waals surface area contributed by atoms with Crippen molar-refractivity contribution in [3.8, 4) is 0 Å². The predicted molar refractivity (Wildman–Crippen MR) is 166 cm³/mol. The summed E-state index contributed by atoms with van der Waals surface area (Å²) in [6, 6.07) is -0.590. The van der Waals surface area contributed by atoms with E-state index in [-0.39, 0.29) is 26.2 Å². The second-order valence-electron chi connectivity index (χ2n) is 11.6. The Balaban J connectivity index is 1.51. The second-order valence-corrected chi connectivity index (χ2v) is 14.5. The van der Waals surface area contributed by atoms with Gasteiger partial charge in [-0.2, -0.15) is 0 Å². The van der Waals surface area contributed by atoms with Crippen LogP contribution in [-0.4, -0.2) is 153 Å². The third-order valence-electron chi connectivity index (χ3n) is 7.66. The molecule has 9 N–H and O–H groups in total. The number of aromatic nitrogens is 2. The van der Waals surface area contributed by atoms with Gasteiger partial charge in [0.1, 0.15) is 48.8 Å². The Morgan fingerprint density at radius 1 is 0.926 bits per heavy atom. The minimum atomic E-state index is -6.10. The molecule has 1 aromatic heterocycles. The van der Waals surface area contributed by atoms with E-state index in [1.807, 2.05) is 4.98 Å². The molecule has 0 aromatic carbocycles. The van der Waals surface area contributed by atoms with Gasteiger partial charge < -0.3 is 74.5 Å². The number of phosphoric ester groups is 2. The number of carboxylic acids is 1. The van der Waals surface area contributed by atoms with Crippen molar-refractivity contribution in [2.75, 3.05) is 40.1 Å². The maximum Gasteiger partial charge on any atom is 0.330 e. The Morgan fingerprint density at radius 2 is 1.61 bits per heavy atom. The number of ether oxygens (including phenoxy) is 4. The van der Waals surface area contributed by atoms with E-state index in [0.717, 1.165) is 12.3 Å². The van der Waals surface area contributed by atoms with Crippen molar-refractivity contribution >= 4 is 33.4 Å². The zero-order chi connectivity index (χ0) is 40.4. The van der Waals surface area contributed by atoms with Gasteiger partial charge in [0.25, 0.3) is 21.2 Å². The summed E-state index contributed by atoms with van der Waals surface area (Å²) in [7, 11) is -10.6. The van der Waals surface area contributed by atoms with Crippen molar-refractivity contribution in [1.82, 2.24) is 20.2 Å². The van der Waals surface area contributed by atoms with Crippen LogP contribution in [0, 0.1) is 0 Å². The van der Waals surface area contributed by atoms with Crippen LogP contribution >= 0.6 is 15.6 Å². The van der Waals surface area contributed by atoms with Gasteiger partial charge in [-0.05, 0) is 6.42 Å². The lowest BCUT2D eigenvalue weighted by molar-refractivity contribution is -0.301. The number of carbonyl (C=O) groups excluding carboxylic acids is 2. The first kappa shape index (κ1) is 45.4. The molecule has 12 atom stereocenters. The molecule has 0 radical (unpaired) electrons. The number of carbonyl (C=O) groups is 3. The summed E-state index contributed by atoms with van der Waals surface area (Å²) < 4.78 is 58.5. The molecule has 54 heavy (non-hydrogen) atoms. The van der Waals surface area contributed by atoms with E-state index < -0.39 is 132 Å². The van der Waals surface area contributed by atoms with Crippen molar-refractivity contribution in [1.29, 1.82) is 0 Å². The lowest BCUT2D eigenvalue weighted by Gasteiger charge is -2.42. The molecular formula is C26H40N4O22P2-2. The Bertz CT molecular complexity index is 1640. The highest BCUT2D eigenvalue weighted by Gasteiger charge is 2.47. The van der Waals surface area contributed by atoms with Crippen molar-refractivity contribution < 1.29 is 96.2 Å². The number of aliphatic carboxylic acids is 1. The van der Waals surface area contributed by atoms with Gasteiger partial charge in [0.2, 0.25) is 11.8 Å². The number of amides is 2. The number of methoxy groups -OCH3 is 1. The fourth-order valence-electron chi connectivity index (χ4n) is 4.87. The molecule has 2 saturated heterocycles. The van der Waals surface area contributed by atoms with Crippen LogP contribution in [0.5, 0.6) is 0 Å². The number of aliphatic hydroxyl groups is 5. The van der Waals surface area contributed by atoms with Crippen LogP contribution in [0.15, 0.2) is 21.9 Å². The molecule has 2 aliphatic heterocycles. The molecule has 2 aliphatic rings. The SMILES string of the molecule is COCCOCCC(=O)NC(CCC(=O)NCC1O[C@@H](OP(=O)([O-])OP(=O)([O-])OC[C@H]2O[C@@H](n3ccc(=O)[nH]c3=O)C(O)[C@H]2O)C(O)[C@@H](O)[C@H]1O)C(=O)O. The van der Waals surface area contributed by atoms with E-state index in [2.05, 4.69) is 24.0 Å². The first-order chi connectivity index (χ1) is 25.2. The number of aliphatic hydroxyl groups excluding tert-OH is 5. The van der Waals surface area contributed by atoms with Crippen LogP contribution in [-0.2, 0) is 55.8 Å². The highest BCUT2D eigenvalue weighted by atomic mass is 31.3.